The monoisotopic (exact) mass is 367 g/mol. The van der Waals surface area contributed by atoms with Gasteiger partial charge >= 0.3 is 0 Å². The van der Waals surface area contributed by atoms with Crippen LogP contribution in [0.25, 0.3) is 0 Å². The molecule has 1 atom stereocenters. The molecule has 1 aliphatic heterocycles. The van der Waals surface area contributed by atoms with E-state index >= 15 is 0 Å². The fourth-order valence-electron chi connectivity index (χ4n) is 2.85. The van der Waals surface area contributed by atoms with Crippen LogP contribution in [0.5, 0.6) is 17.2 Å². The number of allylic oxidation sites excluding steroid dienone is 1. The lowest BCUT2D eigenvalue weighted by atomic mass is 9.76. The summed E-state index contributed by atoms with van der Waals surface area (Å²) in [6, 6.07) is 1.74. The number of rotatable bonds is 5. The smallest absolute Gasteiger partial charge is 0.204 e. The number of halogens is 1. The first-order valence-corrected chi connectivity index (χ1v) is 8.03. The van der Waals surface area contributed by atoms with Crippen molar-refractivity contribution in [3.05, 3.63) is 28.4 Å². The Kier molecular flexibility index (Phi) is 5.62. The molecule has 136 valence electrons. The van der Waals surface area contributed by atoms with Gasteiger partial charge in [-0.2, -0.15) is 0 Å². The summed E-state index contributed by atoms with van der Waals surface area (Å²) in [5.41, 5.74) is 0.0879. The molecule has 7 heteroatoms. The van der Waals surface area contributed by atoms with Crippen LogP contribution in [-0.2, 0) is 4.74 Å². The minimum Gasteiger partial charge on any atom is -0.493 e. The van der Waals surface area contributed by atoms with E-state index in [1.807, 2.05) is 6.92 Å². The van der Waals surface area contributed by atoms with Crippen LogP contribution < -0.4 is 14.2 Å². The van der Waals surface area contributed by atoms with Crippen LogP contribution in [0.3, 0.4) is 0 Å². The Hall–Kier alpha value is -2.21. The number of Topliss-reactive ketones (excluding diaryl/α,β-unsaturated/α-hetero) is 1. The maximum atomic E-state index is 13.4. The average Bonchev–Trinajstić information content (AvgIpc) is 2.62. The molecule has 1 aromatic rings. The van der Waals surface area contributed by atoms with Crippen LogP contribution in [-0.4, -0.2) is 40.1 Å². The van der Waals surface area contributed by atoms with E-state index in [0.29, 0.717) is 39.3 Å². The maximum absolute atomic E-state index is 13.4. The second-order valence-electron chi connectivity index (χ2n) is 5.88. The Bertz CT molecular complexity index is 756. The topological polar surface area (TPSA) is 66.4 Å². The maximum Gasteiger partial charge on any atom is 0.204 e. The average molecular weight is 368 g/mol. The predicted molar refractivity (Wildman–Crippen MR) is 96.3 cm³/mol. The zero-order valence-electron chi connectivity index (χ0n) is 15.2. The van der Waals surface area contributed by atoms with Gasteiger partial charge in [-0.1, -0.05) is 11.6 Å². The predicted octanol–water partition coefficient (Wildman–Crippen LogP) is 3.74. The van der Waals surface area contributed by atoms with Gasteiger partial charge in [0.05, 0.1) is 44.4 Å². The quantitative estimate of drug-likeness (QED) is 0.742. The van der Waals surface area contributed by atoms with Gasteiger partial charge in [0.1, 0.15) is 0 Å². The third-order valence-electron chi connectivity index (χ3n) is 4.34. The molecule has 1 aliphatic rings. The molecule has 0 bridgehead atoms. The van der Waals surface area contributed by atoms with Gasteiger partial charge in [0.25, 0.3) is 0 Å². The minimum absolute atomic E-state index is 0.200. The second-order valence-corrected chi connectivity index (χ2v) is 6.29. The number of ketones is 1. The third kappa shape index (κ3) is 3.18. The molecule has 0 N–H and O–H groups in total. The highest BCUT2D eigenvalue weighted by Crippen LogP contribution is 2.47. The number of carbonyl (C=O) groups is 1. The molecule has 0 fully saturated rings. The second kappa shape index (κ2) is 7.35. The summed E-state index contributed by atoms with van der Waals surface area (Å²) in [6.07, 6.45) is 1.71. The number of hydrogen-bond acceptors (Lipinski definition) is 6. The van der Waals surface area contributed by atoms with Gasteiger partial charge < -0.3 is 18.9 Å². The number of benzene rings is 1. The van der Waals surface area contributed by atoms with Gasteiger partial charge in [0, 0.05) is 12.6 Å². The Morgan fingerprint density at radius 3 is 2.28 bits per heavy atom. The highest BCUT2D eigenvalue weighted by molar-refractivity contribution is 6.33. The summed E-state index contributed by atoms with van der Waals surface area (Å²) in [5, 5.41) is 0.342. The Morgan fingerprint density at radius 2 is 1.76 bits per heavy atom. The van der Waals surface area contributed by atoms with E-state index in [2.05, 4.69) is 4.99 Å². The number of methoxy groups -OCH3 is 4. The van der Waals surface area contributed by atoms with Crippen molar-refractivity contribution in [3.8, 4) is 17.2 Å². The van der Waals surface area contributed by atoms with Crippen molar-refractivity contribution in [2.75, 3.05) is 28.4 Å². The molecule has 6 nitrogen and oxygen atoms in total. The first-order valence-electron chi connectivity index (χ1n) is 7.65. The van der Waals surface area contributed by atoms with Crippen molar-refractivity contribution in [3.63, 3.8) is 0 Å². The summed E-state index contributed by atoms with van der Waals surface area (Å²) in [4.78, 5) is 17.5. The molecule has 1 unspecified atom stereocenters. The molecule has 0 saturated carbocycles. The van der Waals surface area contributed by atoms with Crippen molar-refractivity contribution in [1.29, 1.82) is 0 Å². The molecule has 25 heavy (non-hydrogen) atoms. The number of ether oxygens (including phenoxy) is 4. The van der Waals surface area contributed by atoms with E-state index < -0.39 is 5.41 Å². The lowest BCUT2D eigenvalue weighted by molar-refractivity contribution is 0.0858. The van der Waals surface area contributed by atoms with E-state index in [-0.39, 0.29) is 12.2 Å². The van der Waals surface area contributed by atoms with Crippen molar-refractivity contribution >= 4 is 23.3 Å². The zero-order valence-corrected chi connectivity index (χ0v) is 16.0. The molecule has 1 heterocycles. The van der Waals surface area contributed by atoms with E-state index in [4.69, 9.17) is 30.5 Å². The SMILES string of the molecule is COC1=NC=C(Cl)C(C)(C(=O)c2c(C)cc(OC)c(OC)c2OC)C1. The van der Waals surface area contributed by atoms with Crippen LogP contribution in [0.15, 0.2) is 22.3 Å². The fraction of sp³-hybridized carbons (Fsp3) is 0.444. The minimum atomic E-state index is -1.01. The van der Waals surface area contributed by atoms with Crippen LogP contribution in [0.2, 0.25) is 0 Å². The van der Waals surface area contributed by atoms with Gasteiger partial charge in [-0.15, -0.1) is 0 Å². The summed E-state index contributed by atoms with van der Waals surface area (Å²) < 4.78 is 21.4. The Labute approximate surface area is 152 Å². The van der Waals surface area contributed by atoms with Crippen molar-refractivity contribution in [2.45, 2.75) is 20.3 Å². The number of aliphatic imine (C=N–C) groups is 1. The molecule has 2 rings (SSSR count). The third-order valence-corrected chi connectivity index (χ3v) is 4.86. The summed E-state index contributed by atoms with van der Waals surface area (Å²) in [7, 11) is 6.02. The normalized spacial score (nSPS) is 19.6. The van der Waals surface area contributed by atoms with E-state index in [0.717, 1.165) is 0 Å². The van der Waals surface area contributed by atoms with Crippen molar-refractivity contribution in [2.24, 2.45) is 10.4 Å². The van der Waals surface area contributed by atoms with Gasteiger partial charge in [-0.05, 0) is 25.5 Å². The van der Waals surface area contributed by atoms with Crippen LogP contribution in [0, 0.1) is 12.3 Å². The Morgan fingerprint density at radius 1 is 1.12 bits per heavy atom. The molecule has 0 radical (unpaired) electrons. The van der Waals surface area contributed by atoms with Gasteiger partial charge in [-0.25, -0.2) is 4.99 Å². The summed E-state index contributed by atoms with van der Waals surface area (Å²) in [6.45, 7) is 3.57. The standard InChI is InChI=1S/C18H22ClNO5/c1-10-7-11(22-3)15(24-5)16(25-6)14(10)17(21)18(2)8-13(23-4)20-9-12(18)19/h7,9H,8H2,1-6H3. The molecule has 0 saturated heterocycles. The number of aryl methyl sites for hydroxylation is 1. The van der Waals surface area contributed by atoms with Crippen molar-refractivity contribution < 1.29 is 23.7 Å². The molecular weight excluding hydrogens is 346 g/mol. The first-order chi connectivity index (χ1) is 11.8. The van der Waals surface area contributed by atoms with Crippen LogP contribution in [0.1, 0.15) is 29.3 Å². The zero-order chi connectivity index (χ0) is 18.8. The lowest BCUT2D eigenvalue weighted by Gasteiger charge is -2.31. The van der Waals surface area contributed by atoms with Gasteiger partial charge in [0.2, 0.25) is 5.75 Å². The van der Waals surface area contributed by atoms with Gasteiger partial charge in [0.15, 0.2) is 23.2 Å². The molecule has 0 spiro atoms. The summed E-state index contributed by atoms with van der Waals surface area (Å²) in [5.74, 6) is 1.41. The van der Waals surface area contributed by atoms with E-state index in [1.54, 1.807) is 13.0 Å². The van der Waals surface area contributed by atoms with Gasteiger partial charge in [-0.3, -0.25) is 4.79 Å². The molecule has 0 aromatic heterocycles. The largest absolute Gasteiger partial charge is 0.493 e. The van der Waals surface area contributed by atoms with Crippen molar-refractivity contribution in [1.82, 2.24) is 0 Å². The molecular formula is C18H22ClNO5. The first kappa shape index (κ1) is 19.1. The number of carbonyl (C=O) groups excluding carboxylic acids is 1. The van der Waals surface area contributed by atoms with Crippen LogP contribution in [0.4, 0.5) is 0 Å². The highest BCUT2D eigenvalue weighted by Gasteiger charge is 2.43. The number of nitrogens with zero attached hydrogens (tertiary/aromatic N) is 1. The Balaban J connectivity index is 2.64. The van der Waals surface area contributed by atoms with E-state index in [1.165, 1.54) is 34.6 Å². The molecule has 1 aromatic carbocycles. The summed E-state index contributed by atoms with van der Waals surface area (Å²) >= 11 is 6.35. The fourth-order valence-corrected chi connectivity index (χ4v) is 3.06. The highest BCUT2D eigenvalue weighted by atomic mass is 35.5. The lowest BCUT2D eigenvalue weighted by Crippen LogP contribution is -2.34. The van der Waals surface area contributed by atoms with Crippen LogP contribution >= 0.6 is 11.6 Å². The molecule has 0 amide bonds. The van der Waals surface area contributed by atoms with E-state index in [9.17, 15) is 4.79 Å². The number of hydrogen-bond donors (Lipinski definition) is 0. The molecule has 0 aliphatic carbocycles.